The standard InChI is InChI=1S/C18H26N4O2S2.HI/c1-14(24-4)17-21-15(13-25-17)12-22(3)18(19-2)20-10-11-26(23)16-8-6-5-7-9-16;/h5-9,13-14H,10-12H2,1-4H3,(H,19,20);1H. The molecule has 1 N–H and O–H groups in total. The first-order chi connectivity index (χ1) is 12.5. The van der Waals surface area contributed by atoms with Crippen LogP contribution in [-0.4, -0.2) is 53.6 Å². The van der Waals surface area contributed by atoms with E-state index < -0.39 is 10.8 Å². The first-order valence-corrected chi connectivity index (χ1v) is 10.6. The Bertz CT molecular complexity index is 740. The molecular formula is C18H27IN4O2S2. The van der Waals surface area contributed by atoms with E-state index in [1.165, 1.54) is 0 Å². The Balaban J connectivity index is 0.00000364. The van der Waals surface area contributed by atoms with Gasteiger partial charge in [-0.3, -0.25) is 9.20 Å². The van der Waals surface area contributed by atoms with Gasteiger partial charge in [-0.05, 0) is 19.1 Å². The van der Waals surface area contributed by atoms with Gasteiger partial charge in [0.15, 0.2) is 5.96 Å². The van der Waals surface area contributed by atoms with Gasteiger partial charge in [0.25, 0.3) is 0 Å². The number of nitrogens with one attached hydrogen (secondary N) is 1. The van der Waals surface area contributed by atoms with Crippen LogP contribution in [0.5, 0.6) is 0 Å². The molecule has 9 heteroatoms. The minimum absolute atomic E-state index is 0. The number of thiazole rings is 1. The third-order valence-corrected chi connectivity index (χ3v) is 6.25. The highest BCUT2D eigenvalue weighted by atomic mass is 127. The van der Waals surface area contributed by atoms with Crippen LogP contribution in [0.4, 0.5) is 0 Å². The zero-order valence-electron chi connectivity index (χ0n) is 16.0. The number of halogens is 1. The lowest BCUT2D eigenvalue weighted by Crippen LogP contribution is -2.40. The van der Waals surface area contributed by atoms with Crippen molar-refractivity contribution in [2.45, 2.75) is 24.5 Å². The average molecular weight is 522 g/mol. The van der Waals surface area contributed by atoms with E-state index in [9.17, 15) is 4.21 Å². The lowest BCUT2D eigenvalue weighted by atomic mass is 10.4. The van der Waals surface area contributed by atoms with Crippen molar-refractivity contribution in [3.63, 3.8) is 0 Å². The molecule has 0 saturated heterocycles. The van der Waals surface area contributed by atoms with E-state index in [1.807, 2.05) is 54.6 Å². The van der Waals surface area contributed by atoms with E-state index in [0.29, 0.717) is 18.8 Å². The number of aromatic nitrogens is 1. The van der Waals surface area contributed by atoms with Crippen molar-refractivity contribution in [3.05, 3.63) is 46.4 Å². The summed E-state index contributed by atoms with van der Waals surface area (Å²) in [6, 6.07) is 9.50. The molecule has 150 valence electrons. The minimum Gasteiger partial charge on any atom is -0.375 e. The number of benzene rings is 1. The van der Waals surface area contributed by atoms with Crippen LogP contribution in [0.15, 0.2) is 45.6 Å². The minimum atomic E-state index is -1.02. The lowest BCUT2D eigenvalue weighted by Gasteiger charge is -2.21. The highest BCUT2D eigenvalue weighted by molar-refractivity contribution is 14.0. The van der Waals surface area contributed by atoms with Crippen LogP contribution in [-0.2, 0) is 22.1 Å². The average Bonchev–Trinajstić information content (AvgIpc) is 3.13. The lowest BCUT2D eigenvalue weighted by molar-refractivity contribution is 0.119. The summed E-state index contributed by atoms with van der Waals surface area (Å²) in [5.74, 6) is 1.28. The van der Waals surface area contributed by atoms with E-state index in [4.69, 9.17) is 4.74 Å². The number of hydrogen-bond acceptors (Lipinski definition) is 5. The van der Waals surface area contributed by atoms with Crippen molar-refractivity contribution >= 4 is 52.1 Å². The fourth-order valence-corrected chi connectivity index (χ4v) is 4.16. The maximum atomic E-state index is 12.3. The molecule has 0 spiro atoms. The summed E-state index contributed by atoms with van der Waals surface area (Å²) in [6.07, 6.45) is 0.00413. The van der Waals surface area contributed by atoms with E-state index in [1.54, 1.807) is 25.5 Å². The molecule has 0 aliphatic carbocycles. The summed E-state index contributed by atoms with van der Waals surface area (Å²) < 4.78 is 17.6. The van der Waals surface area contributed by atoms with Gasteiger partial charge in [-0.25, -0.2) is 4.98 Å². The zero-order chi connectivity index (χ0) is 18.9. The smallest absolute Gasteiger partial charge is 0.193 e. The van der Waals surface area contributed by atoms with Crippen molar-refractivity contribution in [1.82, 2.24) is 15.2 Å². The summed E-state index contributed by atoms with van der Waals surface area (Å²) in [7, 11) is 4.37. The number of rotatable bonds is 8. The van der Waals surface area contributed by atoms with Crippen LogP contribution in [0.25, 0.3) is 0 Å². The van der Waals surface area contributed by atoms with Crippen molar-refractivity contribution in [1.29, 1.82) is 0 Å². The van der Waals surface area contributed by atoms with Gasteiger partial charge in [0.05, 0.1) is 23.0 Å². The van der Waals surface area contributed by atoms with E-state index >= 15 is 0 Å². The highest BCUT2D eigenvalue weighted by Crippen LogP contribution is 2.20. The summed E-state index contributed by atoms with van der Waals surface area (Å²) in [5.41, 5.74) is 0.979. The zero-order valence-corrected chi connectivity index (χ0v) is 20.0. The largest absolute Gasteiger partial charge is 0.375 e. The number of nitrogens with zero attached hydrogens (tertiary/aromatic N) is 3. The number of guanidine groups is 1. The van der Waals surface area contributed by atoms with E-state index in [-0.39, 0.29) is 30.1 Å². The molecule has 2 aromatic rings. The van der Waals surface area contributed by atoms with Gasteiger partial charge in [-0.15, -0.1) is 35.3 Å². The Morgan fingerprint density at radius 1 is 1.41 bits per heavy atom. The van der Waals surface area contributed by atoms with Crippen molar-refractivity contribution in [2.24, 2.45) is 4.99 Å². The van der Waals surface area contributed by atoms with E-state index in [0.717, 1.165) is 21.6 Å². The first-order valence-electron chi connectivity index (χ1n) is 8.37. The Morgan fingerprint density at radius 2 is 2.11 bits per heavy atom. The Morgan fingerprint density at radius 3 is 2.74 bits per heavy atom. The van der Waals surface area contributed by atoms with Gasteiger partial charge < -0.3 is 15.0 Å². The molecule has 1 aromatic carbocycles. The molecule has 2 rings (SSSR count). The second-order valence-corrected chi connectivity index (χ2v) is 8.21. The van der Waals surface area contributed by atoms with Crippen LogP contribution >= 0.6 is 35.3 Å². The van der Waals surface area contributed by atoms with Gasteiger partial charge in [0.1, 0.15) is 11.1 Å². The third-order valence-electron chi connectivity index (χ3n) is 3.82. The van der Waals surface area contributed by atoms with Gasteiger partial charge >= 0.3 is 0 Å². The molecule has 0 aliphatic heterocycles. The quantitative estimate of drug-likeness (QED) is 0.328. The Labute approximate surface area is 184 Å². The van der Waals surface area contributed by atoms with Crippen molar-refractivity contribution < 1.29 is 8.95 Å². The Hall–Kier alpha value is -1.04. The fraction of sp³-hybridized carbons (Fsp3) is 0.444. The van der Waals surface area contributed by atoms with Crippen molar-refractivity contribution in [2.75, 3.05) is 33.5 Å². The summed E-state index contributed by atoms with van der Waals surface area (Å²) in [5, 5.41) is 6.27. The van der Waals surface area contributed by atoms with Crippen LogP contribution in [0, 0.1) is 0 Å². The SMILES string of the molecule is CN=C(NCCS(=O)c1ccccc1)N(C)Cc1csc(C(C)OC)n1.I. The summed E-state index contributed by atoms with van der Waals surface area (Å²) >= 11 is 1.60. The maximum Gasteiger partial charge on any atom is 0.193 e. The first kappa shape index (κ1) is 24.0. The number of methoxy groups -OCH3 is 1. The van der Waals surface area contributed by atoms with Crippen LogP contribution < -0.4 is 5.32 Å². The van der Waals surface area contributed by atoms with Crippen molar-refractivity contribution in [3.8, 4) is 0 Å². The molecule has 2 atom stereocenters. The molecule has 0 aliphatic rings. The maximum absolute atomic E-state index is 12.3. The highest BCUT2D eigenvalue weighted by Gasteiger charge is 2.13. The molecular weight excluding hydrogens is 495 g/mol. The molecule has 6 nitrogen and oxygen atoms in total. The monoisotopic (exact) mass is 522 g/mol. The predicted molar refractivity (Wildman–Crippen MR) is 123 cm³/mol. The normalized spacial score (nSPS) is 13.6. The second kappa shape index (κ2) is 12.4. The molecule has 27 heavy (non-hydrogen) atoms. The predicted octanol–water partition coefficient (Wildman–Crippen LogP) is 3.28. The molecule has 1 aromatic heterocycles. The van der Waals surface area contributed by atoms with Crippen LogP contribution in [0.3, 0.4) is 0 Å². The Kier molecular flexibility index (Phi) is 11.0. The van der Waals surface area contributed by atoms with Crippen LogP contribution in [0.2, 0.25) is 0 Å². The fourth-order valence-electron chi connectivity index (χ4n) is 2.33. The summed E-state index contributed by atoms with van der Waals surface area (Å²) in [6.45, 7) is 3.22. The van der Waals surface area contributed by atoms with Gasteiger partial charge in [-0.2, -0.15) is 0 Å². The van der Waals surface area contributed by atoms with E-state index in [2.05, 4.69) is 15.3 Å². The molecule has 0 amide bonds. The van der Waals surface area contributed by atoms with Crippen LogP contribution in [0.1, 0.15) is 23.7 Å². The number of hydrogen-bond donors (Lipinski definition) is 1. The molecule has 0 saturated carbocycles. The molecule has 1 heterocycles. The molecule has 0 radical (unpaired) electrons. The number of ether oxygens (including phenoxy) is 1. The third kappa shape index (κ3) is 7.47. The molecule has 0 fully saturated rings. The van der Waals surface area contributed by atoms with Gasteiger partial charge in [0, 0.05) is 43.8 Å². The summed E-state index contributed by atoms with van der Waals surface area (Å²) in [4.78, 5) is 11.8. The molecule has 0 bridgehead atoms. The number of aliphatic imine (C=N–C) groups is 1. The van der Waals surface area contributed by atoms with Gasteiger partial charge in [-0.1, -0.05) is 18.2 Å². The topological polar surface area (TPSA) is 66.8 Å². The second-order valence-electron chi connectivity index (χ2n) is 5.75. The molecule has 2 unspecified atom stereocenters. The van der Waals surface area contributed by atoms with Gasteiger partial charge in [0.2, 0.25) is 0 Å².